The van der Waals surface area contributed by atoms with Gasteiger partial charge in [0, 0.05) is 11.8 Å². The molecule has 8 heteroatoms. The zero-order valence-electron chi connectivity index (χ0n) is 18.0. The molecular weight excluding hydrogens is 412 g/mol. The molecule has 0 unspecified atom stereocenters. The summed E-state index contributed by atoms with van der Waals surface area (Å²) in [7, 11) is 0. The van der Waals surface area contributed by atoms with E-state index in [-0.39, 0.29) is 17.0 Å². The Bertz CT molecular complexity index is 971. The molecule has 0 fully saturated rings. The first-order chi connectivity index (χ1) is 15.4. The maximum absolute atomic E-state index is 12.6. The van der Waals surface area contributed by atoms with Gasteiger partial charge in [-0.1, -0.05) is 45.1 Å². The second-order valence-electron chi connectivity index (χ2n) is 7.21. The number of rotatable bonds is 13. The molecule has 0 saturated carbocycles. The van der Waals surface area contributed by atoms with Gasteiger partial charge in [-0.25, -0.2) is 14.6 Å². The quantitative estimate of drug-likeness (QED) is 0.300. The van der Waals surface area contributed by atoms with Gasteiger partial charge in [-0.3, -0.25) is 4.79 Å². The highest BCUT2D eigenvalue weighted by Gasteiger charge is 2.13. The van der Waals surface area contributed by atoms with Gasteiger partial charge in [-0.15, -0.1) is 0 Å². The van der Waals surface area contributed by atoms with Gasteiger partial charge in [-0.2, -0.15) is 0 Å². The number of carbonyl (C=O) groups is 3. The molecule has 32 heavy (non-hydrogen) atoms. The second kappa shape index (κ2) is 12.9. The van der Waals surface area contributed by atoms with Crippen molar-refractivity contribution in [1.29, 1.82) is 0 Å². The second-order valence-corrected chi connectivity index (χ2v) is 7.21. The number of pyridine rings is 1. The number of hydrogen-bond acceptors (Lipinski definition) is 5. The number of aromatic carboxylic acids is 1. The van der Waals surface area contributed by atoms with E-state index in [1.54, 1.807) is 12.1 Å². The number of unbranched alkanes of at least 4 members (excludes halogenated alkanes) is 5. The summed E-state index contributed by atoms with van der Waals surface area (Å²) in [4.78, 5) is 38.8. The molecule has 170 valence electrons. The van der Waals surface area contributed by atoms with Crippen molar-refractivity contribution in [2.75, 3.05) is 11.9 Å². The average Bonchev–Trinajstić information content (AvgIpc) is 2.77. The summed E-state index contributed by atoms with van der Waals surface area (Å²) in [5, 5.41) is 20.6. The van der Waals surface area contributed by atoms with Crippen LogP contribution in [0.25, 0.3) is 6.08 Å². The van der Waals surface area contributed by atoms with Crippen LogP contribution in [0.1, 0.15) is 72.0 Å². The number of benzene rings is 1. The number of carboxylic acids is 2. The highest BCUT2D eigenvalue weighted by Crippen LogP contribution is 2.20. The van der Waals surface area contributed by atoms with Crippen LogP contribution in [0.3, 0.4) is 0 Å². The fourth-order valence-corrected chi connectivity index (χ4v) is 2.97. The summed E-state index contributed by atoms with van der Waals surface area (Å²) in [5.41, 5.74) is 0.620. The number of aliphatic carboxylic acids is 1. The molecule has 3 N–H and O–H groups in total. The lowest BCUT2D eigenvalue weighted by atomic mass is 10.1. The van der Waals surface area contributed by atoms with Crippen molar-refractivity contribution in [1.82, 2.24) is 4.98 Å². The van der Waals surface area contributed by atoms with Gasteiger partial charge in [0.2, 0.25) is 0 Å². The molecule has 0 aliphatic heterocycles. The molecule has 0 atom stereocenters. The van der Waals surface area contributed by atoms with Crippen LogP contribution in [0.15, 0.2) is 42.5 Å². The number of nitrogens with one attached hydrogen (secondary N) is 1. The Kier molecular flexibility index (Phi) is 9.90. The largest absolute Gasteiger partial charge is 0.491 e. The van der Waals surface area contributed by atoms with E-state index in [2.05, 4.69) is 17.2 Å². The van der Waals surface area contributed by atoms with Crippen molar-refractivity contribution in [3.05, 3.63) is 59.4 Å². The van der Waals surface area contributed by atoms with Gasteiger partial charge in [0.25, 0.3) is 5.91 Å². The summed E-state index contributed by atoms with van der Waals surface area (Å²) in [6, 6.07) is 8.89. The highest BCUT2D eigenvalue weighted by atomic mass is 16.5. The van der Waals surface area contributed by atoms with E-state index < -0.39 is 17.8 Å². The van der Waals surface area contributed by atoms with Crippen LogP contribution in [0, 0.1) is 0 Å². The number of anilines is 1. The number of aromatic nitrogens is 1. The molecule has 1 heterocycles. The standard InChI is InChI=1S/C24H28N2O6/c1-2-3-4-5-6-7-15-32-21-13-11-20(26-19(21)12-14-22(27)28)23(29)25-18-10-8-9-17(16-18)24(30)31/h8-14,16H,2-7,15H2,1H3,(H,25,29)(H,27,28)(H,30,31)/b14-12+. The van der Waals surface area contributed by atoms with Crippen LogP contribution in [0.2, 0.25) is 0 Å². The van der Waals surface area contributed by atoms with E-state index in [1.165, 1.54) is 49.6 Å². The molecule has 0 bridgehead atoms. The fourth-order valence-electron chi connectivity index (χ4n) is 2.97. The Labute approximate surface area is 186 Å². The maximum atomic E-state index is 12.6. The Morgan fingerprint density at radius 1 is 1.03 bits per heavy atom. The van der Waals surface area contributed by atoms with Crippen molar-refractivity contribution in [2.24, 2.45) is 0 Å². The van der Waals surface area contributed by atoms with Gasteiger partial charge >= 0.3 is 11.9 Å². The molecule has 0 radical (unpaired) electrons. The number of carbonyl (C=O) groups excluding carboxylic acids is 1. The summed E-state index contributed by atoms with van der Waals surface area (Å²) in [5.74, 6) is -2.42. The highest BCUT2D eigenvalue weighted by molar-refractivity contribution is 6.03. The first-order valence-electron chi connectivity index (χ1n) is 10.6. The molecule has 1 aromatic heterocycles. The number of ether oxygens (including phenoxy) is 1. The van der Waals surface area contributed by atoms with Gasteiger partial charge < -0.3 is 20.3 Å². The van der Waals surface area contributed by atoms with Crippen LogP contribution in [0.5, 0.6) is 5.75 Å². The predicted octanol–water partition coefficient (Wildman–Crippen LogP) is 4.87. The van der Waals surface area contributed by atoms with Crippen LogP contribution < -0.4 is 10.1 Å². The Morgan fingerprint density at radius 2 is 1.78 bits per heavy atom. The number of nitrogens with zero attached hydrogens (tertiary/aromatic N) is 1. The van der Waals surface area contributed by atoms with Crippen LogP contribution in [0.4, 0.5) is 5.69 Å². The third-order valence-electron chi connectivity index (χ3n) is 4.63. The molecule has 1 amide bonds. The van der Waals surface area contributed by atoms with Crippen molar-refractivity contribution >= 4 is 29.6 Å². The minimum atomic E-state index is -1.14. The third-order valence-corrected chi connectivity index (χ3v) is 4.63. The number of hydrogen-bond donors (Lipinski definition) is 3. The van der Waals surface area contributed by atoms with Gasteiger partial charge in [0.05, 0.1) is 12.2 Å². The molecule has 0 aliphatic carbocycles. The van der Waals surface area contributed by atoms with E-state index in [1.807, 2.05) is 0 Å². The summed E-state index contributed by atoms with van der Waals surface area (Å²) < 4.78 is 5.77. The van der Waals surface area contributed by atoms with Crippen LogP contribution >= 0.6 is 0 Å². The smallest absolute Gasteiger partial charge is 0.335 e. The average molecular weight is 440 g/mol. The Hall–Kier alpha value is -3.68. The molecule has 0 saturated heterocycles. The minimum Gasteiger partial charge on any atom is -0.491 e. The maximum Gasteiger partial charge on any atom is 0.335 e. The van der Waals surface area contributed by atoms with Crippen molar-refractivity contribution in [3.8, 4) is 5.75 Å². The molecule has 1 aromatic carbocycles. The lowest BCUT2D eigenvalue weighted by Crippen LogP contribution is -2.15. The van der Waals surface area contributed by atoms with Gasteiger partial charge in [0.1, 0.15) is 17.1 Å². The van der Waals surface area contributed by atoms with Crippen LogP contribution in [-0.4, -0.2) is 39.6 Å². The van der Waals surface area contributed by atoms with E-state index >= 15 is 0 Å². The van der Waals surface area contributed by atoms with E-state index in [9.17, 15) is 14.4 Å². The predicted molar refractivity (Wildman–Crippen MR) is 121 cm³/mol. The van der Waals surface area contributed by atoms with Gasteiger partial charge in [0.15, 0.2) is 0 Å². The van der Waals surface area contributed by atoms with E-state index in [0.717, 1.165) is 25.3 Å². The summed E-state index contributed by atoms with van der Waals surface area (Å²) in [6.07, 6.45) is 8.87. The number of amides is 1. The molecule has 0 aliphatic rings. The monoisotopic (exact) mass is 440 g/mol. The normalized spacial score (nSPS) is 10.8. The third kappa shape index (κ3) is 8.22. The topological polar surface area (TPSA) is 126 Å². The molecule has 2 aromatic rings. The zero-order valence-corrected chi connectivity index (χ0v) is 18.0. The Morgan fingerprint density at radius 3 is 2.50 bits per heavy atom. The first-order valence-corrected chi connectivity index (χ1v) is 10.6. The van der Waals surface area contributed by atoms with E-state index in [4.69, 9.17) is 14.9 Å². The van der Waals surface area contributed by atoms with Crippen molar-refractivity contribution in [3.63, 3.8) is 0 Å². The minimum absolute atomic E-state index is 0.0410. The SMILES string of the molecule is CCCCCCCCOc1ccc(C(=O)Nc2cccc(C(=O)O)c2)nc1/C=C/C(=O)O. The lowest BCUT2D eigenvalue weighted by Gasteiger charge is -2.11. The van der Waals surface area contributed by atoms with Crippen molar-refractivity contribution in [2.45, 2.75) is 45.4 Å². The zero-order chi connectivity index (χ0) is 23.3. The molecular formula is C24H28N2O6. The summed E-state index contributed by atoms with van der Waals surface area (Å²) in [6.45, 7) is 2.63. The first kappa shape index (κ1) is 24.6. The fraction of sp³-hybridized carbons (Fsp3) is 0.333. The Balaban J connectivity index is 2.09. The van der Waals surface area contributed by atoms with Crippen molar-refractivity contribution < 1.29 is 29.3 Å². The molecule has 0 spiro atoms. The summed E-state index contributed by atoms with van der Waals surface area (Å²) >= 11 is 0. The van der Waals surface area contributed by atoms with E-state index in [0.29, 0.717) is 18.0 Å². The van der Waals surface area contributed by atoms with Crippen LogP contribution in [-0.2, 0) is 4.79 Å². The molecule has 2 rings (SSSR count). The lowest BCUT2D eigenvalue weighted by molar-refractivity contribution is -0.131. The molecule has 8 nitrogen and oxygen atoms in total. The van der Waals surface area contributed by atoms with Gasteiger partial charge in [-0.05, 0) is 42.8 Å². The number of carboxylic acid groups (broad SMARTS) is 2.